The number of amides is 4. The van der Waals surface area contributed by atoms with Gasteiger partial charge in [0.2, 0.25) is 17.6 Å². The maximum atomic E-state index is 13.2. The van der Waals surface area contributed by atoms with Crippen molar-refractivity contribution in [2.45, 2.75) is 57.2 Å². The Kier molecular flexibility index (Phi) is 8.74. The number of pyridine rings is 1. The van der Waals surface area contributed by atoms with E-state index in [2.05, 4.69) is 37.2 Å². The topological polar surface area (TPSA) is 155 Å². The fourth-order valence-corrected chi connectivity index (χ4v) is 7.93. The maximum absolute atomic E-state index is 13.2. The van der Waals surface area contributed by atoms with Gasteiger partial charge in [0.05, 0.1) is 9.35 Å². The number of rotatable bonds is 11. The molecule has 0 spiro atoms. The van der Waals surface area contributed by atoms with Crippen LogP contribution in [-0.4, -0.2) is 53.1 Å². The number of halogens is 1. The number of Topliss-reactive ketones (excluding diaryl/α,β-unsaturated/α-hetero) is 1. The van der Waals surface area contributed by atoms with Gasteiger partial charge in [0.25, 0.3) is 17.4 Å². The highest BCUT2D eigenvalue weighted by Gasteiger charge is 2.54. The molecule has 4 bridgehead atoms. The summed E-state index contributed by atoms with van der Waals surface area (Å²) in [6.45, 7) is -0.180. The van der Waals surface area contributed by atoms with E-state index >= 15 is 0 Å². The van der Waals surface area contributed by atoms with Gasteiger partial charge in [-0.15, -0.1) is 11.3 Å². The smallest absolute Gasteiger partial charge is 0.287 e. The first kappa shape index (κ1) is 29.2. The van der Waals surface area contributed by atoms with Crippen molar-refractivity contribution in [1.29, 1.82) is 0 Å². The number of carbonyl (C=O) groups is 5. The Balaban J connectivity index is 1.24. The van der Waals surface area contributed by atoms with Crippen molar-refractivity contribution in [2.75, 3.05) is 12.4 Å². The summed E-state index contributed by atoms with van der Waals surface area (Å²) in [5, 5.41) is 12.1. The lowest BCUT2D eigenvalue weighted by Crippen LogP contribution is -2.46. The highest BCUT2D eigenvalue weighted by molar-refractivity contribution is 9.11. The molecule has 13 heteroatoms. The summed E-state index contributed by atoms with van der Waals surface area (Å²) in [4.78, 5) is 75.8. The van der Waals surface area contributed by atoms with Crippen LogP contribution in [0.15, 0.2) is 38.4 Å². The minimum Gasteiger partial charge on any atom is -0.353 e. The molecule has 4 fully saturated rings. The fourth-order valence-electron chi connectivity index (χ4n) is 6.79. The molecule has 4 amide bonds. The van der Waals surface area contributed by atoms with Gasteiger partial charge in [-0.1, -0.05) is 0 Å². The monoisotopic (exact) mass is 645 g/mol. The Labute approximate surface area is 249 Å². The summed E-state index contributed by atoms with van der Waals surface area (Å²) < 4.78 is 1.96. The molecule has 4 N–H and O–H groups in total. The molecule has 41 heavy (non-hydrogen) atoms. The van der Waals surface area contributed by atoms with Crippen LogP contribution in [0.25, 0.3) is 0 Å². The lowest BCUT2D eigenvalue weighted by atomic mass is 9.79. The molecule has 6 unspecified atom stereocenters. The lowest BCUT2D eigenvalue weighted by molar-refractivity contribution is -0.137. The minimum atomic E-state index is -1.21. The number of nitrogens with one attached hydrogen (secondary N) is 4. The summed E-state index contributed by atoms with van der Waals surface area (Å²) >= 11 is 4.58. The second-order valence-electron chi connectivity index (χ2n) is 11.1. The molecule has 2 aromatic rings. The molecule has 2 aromatic heterocycles. The van der Waals surface area contributed by atoms with Crippen LogP contribution in [0, 0.1) is 23.7 Å². The van der Waals surface area contributed by atoms with Crippen LogP contribution < -0.4 is 26.8 Å². The Morgan fingerprint density at radius 1 is 1.12 bits per heavy atom. The SMILES string of the molecule is CNC(=O)C(=O)CCC(NC(=O)c1csc(Br)c1)C(=O)Nc1cccn(CC(=O)NC2C3CC4CC(C3)C2C4)c1=O. The normalized spacial score (nSPS) is 24.5. The standard InChI is InChI=1S/C28H32BrN5O6S/c1-30-27(39)21(35)5-4-19(31-25(37)17-11-22(29)41-13-17)26(38)32-20-3-2-6-34(28(20)40)12-23(36)33-24-16-8-14-7-15(10-16)18(24)9-14/h2-3,6,11,13-16,18-19,24H,4-5,7-10,12H2,1H3,(H,30,39)(H,31,37)(H,32,38)(H,33,36). The summed E-state index contributed by atoms with van der Waals surface area (Å²) in [6, 6.07) is 3.51. The van der Waals surface area contributed by atoms with Crippen molar-refractivity contribution in [2.24, 2.45) is 23.7 Å². The van der Waals surface area contributed by atoms with Gasteiger partial charge in [-0.25, -0.2) is 0 Å². The first-order valence-corrected chi connectivity index (χ1v) is 15.4. The number of hydrogen-bond acceptors (Lipinski definition) is 7. The molecular formula is C28H32BrN5O6S. The van der Waals surface area contributed by atoms with Gasteiger partial charge in [0, 0.05) is 31.1 Å². The Bertz CT molecular complexity index is 1430. The van der Waals surface area contributed by atoms with E-state index in [0.717, 1.165) is 16.1 Å². The number of carbonyl (C=O) groups excluding carboxylic acids is 5. The molecule has 4 aliphatic carbocycles. The summed E-state index contributed by atoms with van der Waals surface area (Å²) in [5.41, 5.74) is -0.328. The van der Waals surface area contributed by atoms with E-state index in [1.54, 1.807) is 17.5 Å². The first-order chi connectivity index (χ1) is 19.6. The summed E-state index contributed by atoms with van der Waals surface area (Å²) in [6.07, 6.45) is 5.79. The van der Waals surface area contributed by atoms with Gasteiger partial charge >= 0.3 is 0 Å². The third-order valence-electron chi connectivity index (χ3n) is 8.57. The lowest BCUT2D eigenvalue weighted by Gasteiger charge is -2.32. The average molecular weight is 647 g/mol. The Morgan fingerprint density at radius 3 is 2.61 bits per heavy atom. The van der Waals surface area contributed by atoms with Crippen LogP contribution in [0.1, 0.15) is 48.9 Å². The molecule has 4 saturated carbocycles. The zero-order chi connectivity index (χ0) is 29.3. The van der Waals surface area contributed by atoms with Crippen molar-refractivity contribution in [1.82, 2.24) is 20.5 Å². The van der Waals surface area contributed by atoms with Gasteiger partial charge in [-0.05, 0) is 89.9 Å². The van der Waals surface area contributed by atoms with E-state index in [1.807, 2.05) is 0 Å². The predicted octanol–water partition coefficient (Wildman–Crippen LogP) is 2.06. The molecule has 0 saturated heterocycles. The van der Waals surface area contributed by atoms with E-state index in [4.69, 9.17) is 0 Å². The van der Waals surface area contributed by atoms with Crippen LogP contribution >= 0.6 is 27.3 Å². The van der Waals surface area contributed by atoms with E-state index in [0.29, 0.717) is 23.3 Å². The molecule has 0 aliphatic heterocycles. The van der Waals surface area contributed by atoms with Gasteiger partial charge in [0.1, 0.15) is 18.3 Å². The molecule has 6 atom stereocenters. The quantitative estimate of drug-likeness (QED) is 0.274. The first-order valence-electron chi connectivity index (χ1n) is 13.7. The van der Waals surface area contributed by atoms with Crippen molar-refractivity contribution in [3.05, 3.63) is 49.5 Å². The molecule has 4 aliphatic rings. The van der Waals surface area contributed by atoms with E-state index in [-0.39, 0.29) is 37.0 Å². The largest absolute Gasteiger partial charge is 0.353 e. The van der Waals surface area contributed by atoms with Crippen LogP contribution in [0.2, 0.25) is 0 Å². The number of aromatic nitrogens is 1. The van der Waals surface area contributed by atoms with Gasteiger partial charge in [0.15, 0.2) is 0 Å². The van der Waals surface area contributed by atoms with Gasteiger partial charge in [-0.3, -0.25) is 28.8 Å². The maximum Gasteiger partial charge on any atom is 0.287 e. The molecule has 11 nitrogen and oxygen atoms in total. The van der Waals surface area contributed by atoms with Crippen molar-refractivity contribution >= 4 is 62.4 Å². The zero-order valence-electron chi connectivity index (χ0n) is 22.5. The second kappa shape index (κ2) is 12.3. The van der Waals surface area contributed by atoms with Gasteiger partial charge < -0.3 is 25.8 Å². The molecule has 2 heterocycles. The number of anilines is 1. The average Bonchev–Trinajstić information content (AvgIpc) is 3.58. The van der Waals surface area contributed by atoms with Crippen LogP contribution in [0.3, 0.4) is 0 Å². The number of thiophene rings is 1. The van der Waals surface area contributed by atoms with Gasteiger partial charge in [-0.2, -0.15) is 0 Å². The van der Waals surface area contributed by atoms with E-state index in [9.17, 15) is 28.8 Å². The zero-order valence-corrected chi connectivity index (χ0v) is 24.9. The third-order valence-corrected chi connectivity index (χ3v) is 10.1. The molecule has 6 rings (SSSR count). The molecule has 0 radical (unpaired) electrons. The Hall–Kier alpha value is -3.32. The second-order valence-corrected chi connectivity index (χ2v) is 13.4. The number of ketones is 1. The molecule has 0 aromatic carbocycles. The molecule has 218 valence electrons. The third kappa shape index (κ3) is 6.45. The van der Waals surface area contributed by atoms with Crippen LogP contribution in [0.4, 0.5) is 5.69 Å². The Morgan fingerprint density at radius 2 is 1.90 bits per heavy atom. The number of nitrogens with zero attached hydrogens (tertiary/aromatic N) is 1. The summed E-state index contributed by atoms with van der Waals surface area (Å²) in [7, 11) is 1.32. The van der Waals surface area contributed by atoms with Crippen molar-refractivity contribution in [3.63, 3.8) is 0 Å². The highest BCUT2D eigenvalue weighted by atomic mass is 79.9. The fraction of sp³-hybridized carbons (Fsp3) is 0.500. The highest BCUT2D eigenvalue weighted by Crippen LogP contribution is 2.58. The molecular weight excluding hydrogens is 614 g/mol. The van der Waals surface area contributed by atoms with E-state index in [1.165, 1.54) is 54.5 Å². The van der Waals surface area contributed by atoms with Crippen LogP contribution in [0.5, 0.6) is 0 Å². The van der Waals surface area contributed by atoms with Crippen molar-refractivity contribution < 1.29 is 24.0 Å². The number of likely N-dealkylation sites (N-methyl/N-ethyl adjacent to an activating group) is 1. The van der Waals surface area contributed by atoms with Crippen molar-refractivity contribution in [3.8, 4) is 0 Å². The predicted molar refractivity (Wildman–Crippen MR) is 155 cm³/mol. The van der Waals surface area contributed by atoms with E-state index < -0.39 is 35.1 Å². The number of hydrogen-bond donors (Lipinski definition) is 4. The van der Waals surface area contributed by atoms with Crippen LogP contribution in [-0.2, 0) is 25.7 Å². The summed E-state index contributed by atoms with van der Waals surface area (Å²) in [5.74, 6) is -0.519. The minimum absolute atomic E-state index is 0.0704.